The van der Waals surface area contributed by atoms with Gasteiger partial charge in [-0.2, -0.15) is 0 Å². The summed E-state index contributed by atoms with van der Waals surface area (Å²) in [5.74, 6) is 0.148. The minimum absolute atomic E-state index is 0.0718. The topological polar surface area (TPSA) is 69.6 Å². The summed E-state index contributed by atoms with van der Waals surface area (Å²) < 4.78 is 0. The molecule has 1 aliphatic heterocycles. The average molecular weight is 284 g/mol. The minimum Gasteiger partial charge on any atom is -0.480 e. The Hall–Kier alpha value is -0.910. The molecule has 2 amide bonds. The molecule has 3 fully saturated rings. The molecule has 106 valence electrons. The zero-order valence-electron chi connectivity index (χ0n) is 10.9. The molecule has 2 N–H and O–H groups in total. The maximum atomic E-state index is 12.4. The summed E-state index contributed by atoms with van der Waals surface area (Å²) >= 11 is 1.63. The van der Waals surface area contributed by atoms with Crippen LogP contribution in [0.4, 0.5) is 4.79 Å². The maximum absolute atomic E-state index is 12.4. The molecular weight excluding hydrogens is 264 g/mol. The Morgan fingerprint density at radius 1 is 1.16 bits per heavy atom. The molecule has 19 heavy (non-hydrogen) atoms. The molecule has 3 rings (SSSR count). The largest absolute Gasteiger partial charge is 0.480 e. The van der Waals surface area contributed by atoms with Crippen molar-refractivity contribution in [2.45, 2.75) is 56.0 Å². The third-order valence-electron chi connectivity index (χ3n) is 4.26. The third-order valence-corrected chi connectivity index (χ3v) is 5.72. The van der Waals surface area contributed by atoms with E-state index in [2.05, 4.69) is 5.32 Å². The van der Waals surface area contributed by atoms with Gasteiger partial charge < -0.3 is 10.4 Å². The predicted molar refractivity (Wildman–Crippen MR) is 73.0 cm³/mol. The first-order chi connectivity index (χ1) is 9.16. The molecule has 6 heteroatoms. The van der Waals surface area contributed by atoms with E-state index in [4.69, 9.17) is 0 Å². The van der Waals surface area contributed by atoms with Crippen molar-refractivity contribution in [3.8, 4) is 0 Å². The van der Waals surface area contributed by atoms with Gasteiger partial charge in [0.1, 0.15) is 6.04 Å². The summed E-state index contributed by atoms with van der Waals surface area (Å²) in [5.41, 5.74) is 0. The SMILES string of the molecule is O=C(O)C1CSC(C2CC2)N1C(=O)NC1CCCC1. The van der Waals surface area contributed by atoms with E-state index in [-0.39, 0.29) is 17.4 Å². The Morgan fingerprint density at radius 2 is 1.84 bits per heavy atom. The molecule has 0 radical (unpaired) electrons. The number of hydrogen-bond acceptors (Lipinski definition) is 3. The van der Waals surface area contributed by atoms with Crippen LogP contribution in [-0.4, -0.2) is 45.2 Å². The lowest BCUT2D eigenvalue weighted by atomic mass is 10.2. The van der Waals surface area contributed by atoms with Gasteiger partial charge in [0.2, 0.25) is 0 Å². The second-order valence-corrected chi connectivity index (χ2v) is 6.90. The van der Waals surface area contributed by atoms with Crippen molar-refractivity contribution in [1.29, 1.82) is 0 Å². The fraction of sp³-hybridized carbons (Fsp3) is 0.846. The Bertz CT molecular complexity index is 380. The summed E-state index contributed by atoms with van der Waals surface area (Å²) in [7, 11) is 0. The molecule has 2 atom stereocenters. The van der Waals surface area contributed by atoms with Crippen molar-refractivity contribution < 1.29 is 14.7 Å². The van der Waals surface area contributed by atoms with Crippen LogP contribution in [0, 0.1) is 5.92 Å². The van der Waals surface area contributed by atoms with Gasteiger partial charge in [-0.25, -0.2) is 9.59 Å². The third kappa shape index (κ3) is 2.68. The number of amides is 2. The molecule has 3 aliphatic rings. The number of nitrogens with one attached hydrogen (secondary N) is 1. The molecule has 1 heterocycles. The van der Waals surface area contributed by atoms with Gasteiger partial charge in [0.15, 0.2) is 0 Å². The maximum Gasteiger partial charge on any atom is 0.327 e. The van der Waals surface area contributed by atoms with Crippen molar-refractivity contribution >= 4 is 23.8 Å². The number of carbonyl (C=O) groups is 2. The number of hydrogen-bond donors (Lipinski definition) is 2. The monoisotopic (exact) mass is 284 g/mol. The Morgan fingerprint density at radius 3 is 2.42 bits per heavy atom. The molecule has 0 bridgehead atoms. The van der Waals surface area contributed by atoms with Crippen LogP contribution in [0.5, 0.6) is 0 Å². The van der Waals surface area contributed by atoms with Crippen LogP contribution in [-0.2, 0) is 4.79 Å². The van der Waals surface area contributed by atoms with Crippen molar-refractivity contribution in [3.05, 3.63) is 0 Å². The molecule has 0 spiro atoms. The smallest absolute Gasteiger partial charge is 0.327 e. The number of rotatable bonds is 3. The summed E-state index contributed by atoms with van der Waals surface area (Å²) in [6.07, 6.45) is 6.62. The van der Waals surface area contributed by atoms with Gasteiger partial charge in [0.25, 0.3) is 0 Å². The number of carboxylic acids is 1. The summed E-state index contributed by atoms with van der Waals surface area (Å²) in [4.78, 5) is 25.3. The molecule has 2 unspecified atom stereocenters. The molecule has 2 aliphatic carbocycles. The molecule has 1 saturated heterocycles. The molecular formula is C13H20N2O3S. The minimum atomic E-state index is -0.878. The van der Waals surface area contributed by atoms with Gasteiger partial charge in [-0.3, -0.25) is 4.90 Å². The quantitative estimate of drug-likeness (QED) is 0.830. The van der Waals surface area contributed by atoms with Gasteiger partial charge in [-0.15, -0.1) is 11.8 Å². The Kier molecular flexibility index (Phi) is 3.60. The zero-order chi connectivity index (χ0) is 13.4. The summed E-state index contributed by atoms with van der Waals surface area (Å²) in [6.45, 7) is 0. The number of carboxylic acid groups (broad SMARTS) is 1. The van der Waals surface area contributed by atoms with Crippen LogP contribution in [0.15, 0.2) is 0 Å². The standard InChI is InChI=1S/C13H20N2O3S/c16-12(17)10-7-19-11(8-5-6-8)15(10)13(18)14-9-3-1-2-4-9/h8-11H,1-7H2,(H,14,18)(H,16,17). The van der Waals surface area contributed by atoms with Gasteiger partial charge >= 0.3 is 12.0 Å². The Labute approximate surface area is 117 Å². The normalized spacial score (nSPS) is 31.7. The van der Waals surface area contributed by atoms with Crippen molar-refractivity contribution in [2.24, 2.45) is 5.92 Å². The van der Waals surface area contributed by atoms with E-state index in [1.807, 2.05) is 0 Å². The van der Waals surface area contributed by atoms with Crippen molar-refractivity contribution in [1.82, 2.24) is 10.2 Å². The van der Waals surface area contributed by atoms with Crippen LogP contribution >= 0.6 is 11.8 Å². The van der Waals surface area contributed by atoms with E-state index >= 15 is 0 Å². The van der Waals surface area contributed by atoms with Crippen molar-refractivity contribution in [2.75, 3.05) is 5.75 Å². The number of thioether (sulfide) groups is 1. The molecule has 0 aromatic heterocycles. The molecule has 0 aromatic carbocycles. The van der Waals surface area contributed by atoms with E-state index in [0.29, 0.717) is 11.7 Å². The number of urea groups is 1. The fourth-order valence-electron chi connectivity index (χ4n) is 3.04. The fourth-order valence-corrected chi connectivity index (χ4v) is 4.67. The summed E-state index contributed by atoms with van der Waals surface area (Å²) in [6, 6.07) is -0.578. The Balaban J connectivity index is 1.69. The van der Waals surface area contributed by atoms with E-state index in [1.54, 1.807) is 16.7 Å². The van der Waals surface area contributed by atoms with Gasteiger partial charge in [-0.1, -0.05) is 12.8 Å². The first-order valence-corrected chi connectivity index (χ1v) is 8.15. The predicted octanol–water partition coefficient (Wildman–Crippen LogP) is 1.88. The molecule has 5 nitrogen and oxygen atoms in total. The van der Waals surface area contributed by atoms with E-state index in [9.17, 15) is 14.7 Å². The van der Waals surface area contributed by atoms with Crippen LogP contribution in [0.25, 0.3) is 0 Å². The van der Waals surface area contributed by atoms with E-state index < -0.39 is 12.0 Å². The highest BCUT2D eigenvalue weighted by Crippen LogP contribution is 2.45. The highest BCUT2D eigenvalue weighted by molar-refractivity contribution is 8.00. The second kappa shape index (κ2) is 5.23. The molecule has 0 aromatic rings. The van der Waals surface area contributed by atoms with E-state index in [1.165, 1.54) is 0 Å². The first kappa shape index (κ1) is 13.1. The van der Waals surface area contributed by atoms with Gasteiger partial charge in [0.05, 0.1) is 5.37 Å². The number of carbonyl (C=O) groups excluding carboxylic acids is 1. The summed E-state index contributed by atoms with van der Waals surface area (Å²) in [5, 5.41) is 12.4. The highest BCUT2D eigenvalue weighted by atomic mass is 32.2. The lowest BCUT2D eigenvalue weighted by Crippen LogP contribution is -2.52. The highest BCUT2D eigenvalue weighted by Gasteiger charge is 2.48. The van der Waals surface area contributed by atoms with Crippen LogP contribution in [0.3, 0.4) is 0 Å². The van der Waals surface area contributed by atoms with Crippen molar-refractivity contribution in [3.63, 3.8) is 0 Å². The lowest BCUT2D eigenvalue weighted by molar-refractivity contribution is -0.141. The first-order valence-electron chi connectivity index (χ1n) is 7.10. The lowest BCUT2D eigenvalue weighted by Gasteiger charge is -2.29. The van der Waals surface area contributed by atoms with Crippen LogP contribution in [0.1, 0.15) is 38.5 Å². The number of nitrogens with zero attached hydrogens (tertiary/aromatic N) is 1. The molecule has 2 saturated carbocycles. The second-order valence-electron chi connectivity index (χ2n) is 5.75. The van der Waals surface area contributed by atoms with Crippen LogP contribution in [0.2, 0.25) is 0 Å². The van der Waals surface area contributed by atoms with Gasteiger partial charge in [-0.05, 0) is 31.6 Å². The van der Waals surface area contributed by atoms with Crippen LogP contribution < -0.4 is 5.32 Å². The van der Waals surface area contributed by atoms with E-state index in [0.717, 1.165) is 38.5 Å². The zero-order valence-corrected chi connectivity index (χ0v) is 11.7. The number of aliphatic carboxylic acids is 1. The average Bonchev–Trinajstić information content (AvgIpc) is 2.91. The van der Waals surface area contributed by atoms with Gasteiger partial charge in [0, 0.05) is 11.8 Å².